The molecule has 0 amide bonds. The normalized spacial score (nSPS) is 17.7. The number of nitrogens with two attached hydrogens (primary N) is 1. The summed E-state index contributed by atoms with van der Waals surface area (Å²) in [6, 6.07) is 1.19. The van der Waals surface area contributed by atoms with E-state index in [1.165, 1.54) is 6.07 Å². The van der Waals surface area contributed by atoms with Crippen molar-refractivity contribution >= 4 is 5.82 Å². The van der Waals surface area contributed by atoms with Crippen molar-refractivity contribution in [1.29, 1.82) is 0 Å². The molecule has 0 bridgehead atoms. The average molecular weight is 263 g/mol. The number of halogens is 3. The number of hydrogen-bond donors (Lipinski definition) is 1. The van der Waals surface area contributed by atoms with Gasteiger partial charge in [0.1, 0.15) is 11.9 Å². The lowest BCUT2D eigenvalue weighted by Crippen LogP contribution is -2.26. The Morgan fingerprint density at radius 1 is 1.28 bits per heavy atom. The Kier molecular flexibility index (Phi) is 3.55. The van der Waals surface area contributed by atoms with Crippen molar-refractivity contribution < 1.29 is 22.6 Å². The molecule has 5 nitrogen and oxygen atoms in total. The highest BCUT2D eigenvalue weighted by Gasteiger charge is 2.35. The molecule has 0 aromatic carbocycles. The predicted molar refractivity (Wildman–Crippen MR) is 55.9 cm³/mol. The maximum atomic E-state index is 12.5. The maximum absolute atomic E-state index is 12.5. The van der Waals surface area contributed by atoms with Gasteiger partial charge in [-0.3, -0.25) is 0 Å². The lowest BCUT2D eigenvalue weighted by atomic mass is 10.2. The van der Waals surface area contributed by atoms with Crippen LogP contribution in [0.15, 0.2) is 6.07 Å². The zero-order valence-corrected chi connectivity index (χ0v) is 9.41. The molecule has 100 valence electrons. The van der Waals surface area contributed by atoms with E-state index in [1.807, 2.05) is 0 Å². The fourth-order valence-corrected chi connectivity index (χ4v) is 1.59. The van der Waals surface area contributed by atoms with E-state index in [0.29, 0.717) is 26.1 Å². The molecular weight excluding hydrogens is 251 g/mol. The first kappa shape index (κ1) is 12.9. The van der Waals surface area contributed by atoms with Crippen LogP contribution in [0.2, 0.25) is 0 Å². The molecule has 0 aliphatic carbocycles. The molecule has 0 radical (unpaired) electrons. The van der Waals surface area contributed by atoms with E-state index < -0.39 is 12.0 Å². The van der Waals surface area contributed by atoms with Gasteiger partial charge in [0, 0.05) is 18.9 Å². The van der Waals surface area contributed by atoms with Crippen LogP contribution in [0.25, 0.3) is 0 Å². The number of nitrogens with zero attached hydrogens (tertiary/aromatic N) is 2. The van der Waals surface area contributed by atoms with Crippen LogP contribution in [0.5, 0.6) is 5.88 Å². The van der Waals surface area contributed by atoms with Crippen molar-refractivity contribution in [2.24, 2.45) is 0 Å². The molecule has 18 heavy (non-hydrogen) atoms. The quantitative estimate of drug-likeness (QED) is 0.878. The third-order valence-corrected chi connectivity index (χ3v) is 2.43. The summed E-state index contributed by atoms with van der Waals surface area (Å²) in [7, 11) is 0. The van der Waals surface area contributed by atoms with Gasteiger partial charge in [-0.2, -0.15) is 18.2 Å². The number of ether oxygens (including phenoxy) is 2. The second-order valence-electron chi connectivity index (χ2n) is 3.88. The van der Waals surface area contributed by atoms with Crippen LogP contribution in [0.3, 0.4) is 0 Å². The molecule has 0 unspecified atom stereocenters. The van der Waals surface area contributed by atoms with Crippen molar-refractivity contribution in [3.8, 4) is 5.88 Å². The van der Waals surface area contributed by atoms with Crippen LogP contribution in [0.4, 0.5) is 19.0 Å². The largest absolute Gasteiger partial charge is 0.474 e. The summed E-state index contributed by atoms with van der Waals surface area (Å²) in [6.07, 6.45) is -3.60. The van der Waals surface area contributed by atoms with Crippen molar-refractivity contribution in [3.05, 3.63) is 11.9 Å². The monoisotopic (exact) mass is 263 g/mol. The fraction of sp³-hybridized carbons (Fsp3) is 0.600. The second-order valence-corrected chi connectivity index (χ2v) is 3.88. The highest BCUT2D eigenvalue weighted by Crippen LogP contribution is 2.28. The van der Waals surface area contributed by atoms with Crippen LogP contribution in [-0.2, 0) is 10.9 Å². The lowest BCUT2D eigenvalue weighted by Gasteiger charge is -2.23. The maximum Gasteiger partial charge on any atom is 0.451 e. The van der Waals surface area contributed by atoms with E-state index in [0.717, 1.165) is 0 Å². The minimum Gasteiger partial charge on any atom is -0.474 e. The molecule has 1 aromatic heterocycles. The molecule has 1 fully saturated rings. The van der Waals surface area contributed by atoms with E-state index in [-0.39, 0.29) is 17.8 Å². The summed E-state index contributed by atoms with van der Waals surface area (Å²) in [5.74, 6) is -1.70. The highest BCUT2D eigenvalue weighted by atomic mass is 19.4. The van der Waals surface area contributed by atoms with Gasteiger partial charge in [-0.15, -0.1) is 0 Å². The van der Waals surface area contributed by atoms with Gasteiger partial charge in [0.25, 0.3) is 0 Å². The Bertz CT molecular complexity index is 419. The van der Waals surface area contributed by atoms with Crippen molar-refractivity contribution in [3.63, 3.8) is 0 Å². The minimum atomic E-state index is -4.64. The standard InChI is InChI=1S/C10H12F3N3O2/c11-10(12,13)9-15-7(14)5-8(16-9)18-6-1-3-17-4-2-6/h5-6H,1-4H2,(H2,14,15,16). The molecule has 2 N–H and O–H groups in total. The van der Waals surface area contributed by atoms with E-state index in [4.69, 9.17) is 15.2 Å². The van der Waals surface area contributed by atoms with Gasteiger partial charge in [-0.05, 0) is 0 Å². The van der Waals surface area contributed by atoms with Crippen molar-refractivity contribution in [2.45, 2.75) is 25.1 Å². The highest BCUT2D eigenvalue weighted by molar-refractivity contribution is 5.33. The first-order valence-corrected chi connectivity index (χ1v) is 5.41. The number of alkyl halides is 3. The summed E-state index contributed by atoms with van der Waals surface area (Å²) >= 11 is 0. The Morgan fingerprint density at radius 3 is 2.56 bits per heavy atom. The van der Waals surface area contributed by atoms with Gasteiger partial charge < -0.3 is 15.2 Å². The fourth-order valence-electron chi connectivity index (χ4n) is 1.59. The first-order chi connectivity index (χ1) is 8.45. The van der Waals surface area contributed by atoms with E-state index in [1.54, 1.807) is 0 Å². The zero-order chi connectivity index (χ0) is 13.2. The number of nitrogen functional groups attached to an aromatic ring is 1. The van der Waals surface area contributed by atoms with Crippen molar-refractivity contribution in [2.75, 3.05) is 18.9 Å². The molecule has 1 aliphatic heterocycles. The SMILES string of the molecule is Nc1cc(OC2CCOCC2)nc(C(F)(F)F)n1. The number of anilines is 1. The predicted octanol–water partition coefficient (Wildman–Crippen LogP) is 1.64. The second kappa shape index (κ2) is 4.97. The van der Waals surface area contributed by atoms with Crippen LogP contribution in [0.1, 0.15) is 18.7 Å². The van der Waals surface area contributed by atoms with Gasteiger partial charge in [0.15, 0.2) is 0 Å². The molecule has 0 spiro atoms. The average Bonchev–Trinajstić information content (AvgIpc) is 2.28. The molecular formula is C10H12F3N3O2. The zero-order valence-electron chi connectivity index (χ0n) is 9.41. The van der Waals surface area contributed by atoms with Crippen LogP contribution in [0, 0.1) is 0 Å². The summed E-state index contributed by atoms with van der Waals surface area (Å²) < 4.78 is 47.9. The van der Waals surface area contributed by atoms with Gasteiger partial charge in [-0.25, -0.2) is 4.98 Å². The van der Waals surface area contributed by atoms with E-state index in [2.05, 4.69) is 9.97 Å². The Morgan fingerprint density at radius 2 is 1.94 bits per heavy atom. The molecule has 2 heterocycles. The van der Waals surface area contributed by atoms with Crippen LogP contribution < -0.4 is 10.5 Å². The molecule has 0 atom stereocenters. The first-order valence-electron chi connectivity index (χ1n) is 5.41. The minimum absolute atomic E-state index is 0.151. The number of aromatic nitrogens is 2. The van der Waals surface area contributed by atoms with Crippen LogP contribution >= 0.6 is 0 Å². The third kappa shape index (κ3) is 3.22. The summed E-state index contributed by atoms with van der Waals surface area (Å²) in [6.45, 7) is 1.05. The third-order valence-electron chi connectivity index (χ3n) is 2.43. The Hall–Kier alpha value is -1.57. The molecule has 0 saturated carbocycles. The molecule has 1 aliphatic rings. The molecule has 1 saturated heterocycles. The molecule has 8 heteroatoms. The summed E-state index contributed by atoms with van der Waals surface area (Å²) in [4.78, 5) is 6.45. The number of rotatable bonds is 2. The Balaban J connectivity index is 2.14. The van der Waals surface area contributed by atoms with Crippen LogP contribution in [-0.4, -0.2) is 29.3 Å². The lowest BCUT2D eigenvalue weighted by molar-refractivity contribution is -0.145. The molecule has 2 rings (SSSR count). The van der Waals surface area contributed by atoms with Gasteiger partial charge >= 0.3 is 6.18 Å². The molecule has 1 aromatic rings. The van der Waals surface area contributed by atoms with Gasteiger partial charge in [0.05, 0.1) is 13.2 Å². The number of hydrogen-bond acceptors (Lipinski definition) is 5. The Labute approximate surface area is 101 Å². The smallest absolute Gasteiger partial charge is 0.451 e. The van der Waals surface area contributed by atoms with Gasteiger partial charge in [-0.1, -0.05) is 0 Å². The summed E-state index contributed by atoms with van der Waals surface area (Å²) in [5.41, 5.74) is 5.31. The summed E-state index contributed by atoms with van der Waals surface area (Å²) in [5, 5.41) is 0. The van der Waals surface area contributed by atoms with E-state index >= 15 is 0 Å². The van der Waals surface area contributed by atoms with E-state index in [9.17, 15) is 13.2 Å². The topological polar surface area (TPSA) is 70.3 Å². The van der Waals surface area contributed by atoms with Gasteiger partial charge in [0.2, 0.25) is 11.7 Å². The van der Waals surface area contributed by atoms with Crippen molar-refractivity contribution in [1.82, 2.24) is 9.97 Å².